The molecule has 5 heteroatoms. The van der Waals surface area contributed by atoms with Gasteiger partial charge in [0.25, 0.3) is 0 Å². The number of hydrogen-bond donors (Lipinski definition) is 1. The molecule has 2 N–H and O–H groups in total. The topological polar surface area (TPSA) is 52.0 Å². The minimum Gasteiger partial charge on any atom is -0.439 e. The summed E-state index contributed by atoms with van der Waals surface area (Å²) in [5.41, 5.74) is 5.82. The lowest BCUT2D eigenvalue weighted by molar-refractivity contribution is 0.509. The summed E-state index contributed by atoms with van der Waals surface area (Å²) < 4.78 is 18.4. The van der Waals surface area contributed by atoms with Crippen LogP contribution in [-0.2, 0) is 6.54 Å². The van der Waals surface area contributed by atoms with Crippen LogP contribution >= 0.6 is 11.6 Å². The van der Waals surface area contributed by atoms with Crippen molar-refractivity contribution in [2.45, 2.75) is 6.54 Å². The summed E-state index contributed by atoms with van der Waals surface area (Å²) in [6.07, 6.45) is 1.48. The van der Waals surface area contributed by atoms with Crippen LogP contribution in [0.1, 0.15) is 5.89 Å². The molecular weight excluding hydrogens is 219 g/mol. The van der Waals surface area contributed by atoms with E-state index in [-0.39, 0.29) is 11.6 Å². The molecule has 0 bridgehead atoms. The molecule has 1 aromatic heterocycles. The van der Waals surface area contributed by atoms with Gasteiger partial charge in [-0.15, -0.1) is 0 Å². The number of halogens is 2. The number of nitrogens with zero attached hydrogens (tertiary/aromatic N) is 1. The number of benzene rings is 1. The van der Waals surface area contributed by atoms with Crippen molar-refractivity contribution in [2.75, 3.05) is 0 Å². The van der Waals surface area contributed by atoms with E-state index in [1.54, 1.807) is 12.1 Å². The molecular formula is C10H8ClFN2O. The average Bonchev–Trinajstić information content (AvgIpc) is 2.70. The molecule has 0 fully saturated rings. The van der Waals surface area contributed by atoms with Gasteiger partial charge in [0.2, 0.25) is 5.89 Å². The molecule has 0 radical (unpaired) electrons. The fraction of sp³-hybridized carbons (Fsp3) is 0.100. The standard InChI is InChI=1S/C10H8ClFN2O/c11-10-6(2-1-3-7(10)12)8-5-14-9(4-13)15-8/h1-3,5H,4,13H2. The third kappa shape index (κ3) is 1.86. The Kier molecular flexibility index (Phi) is 2.70. The zero-order chi connectivity index (χ0) is 10.8. The van der Waals surface area contributed by atoms with Gasteiger partial charge >= 0.3 is 0 Å². The number of aromatic nitrogens is 1. The lowest BCUT2D eigenvalue weighted by Gasteiger charge is -2.00. The number of oxazole rings is 1. The highest BCUT2D eigenvalue weighted by Gasteiger charge is 2.11. The van der Waals surface area contributed by atoms with Gasteiger partial charge in [-0.25, -0.2) is 9.37 Å². The highest BCUT2D eigenvalue weighted by molar-refractivity contribution is 6.33. The second-order valence-corrected chi connectivity index (χ2v) is 3.30. The van der Waals surface area contributed by atoms with Crippen LogP contribution in [0, 0.1) is 5.82 Å². The maximum Gasteiger partial charge on any atom is 0.208 e. The van der Waals surface area contributed by atoms with Crippen molar-refractivity contribution in [1.29, 1.82) is 0 Å². The highest BCUT2D eigenvalue weighted by atomic mass is 35.5. The van der Waals surface area contributed by atoms with E-state index in [1.165, 1.54) is 12.3 Å². The first-order valence-electron chi connectivity index (χ1n) is 4.31. The Labute approximate surface area is 90.7 Å². The molecule has 1 aromatic carbocycles. The predicted molar refractivity (Wildman–Crippen MR) is 54.8 cm³/mol. The van der Waals surface area contributed by atoms with Crippen molar-refractivity contribution in [3.8, 4) is 11.3 Å². The average molecular weight is 227 g/mol. The van der Waals surface area contributed by atoms with Gasteiger partial charge in [0.15, 0.2) is 5.76 Å². The van der Waals surface area contributed by atoms with Crippen LogP contribution in [0.25, 0.3) is 11.3 Å². The van der Waals surface area contributed by atoms with Crippen molar-refractivity contribution in [1.82, 2.24) is 4.98 Å². The quantitative estimate of drug-likeness (QED) is 0.856. The van der Waals surface area contributed by atoms with E-state index in [0.717, 1.165) is 0 Å². The minimum atomic E-state index is -0.486. The molecule has 15 heavy (non-hydrogen) atoms. The highest BCUT2D eigenvalue weighted by Crippen LogP contribution is 2.30. The fourth-order valence-corrected chi connectivity index (χ4v) is 1.44. The van der Waals surface area contributed by atoms with Crippen LogP contribution in [0.3, 0.4) is 0 Å². The Bertz CT molecular complexity index is 484. The molecule has 1 heterocycles. The lowest BCUT2D eigenvalue weighted by Crippen LogP contribution is -1.94. The van der Waals surface area contributed by atoms with E-state index in [1.807, 2.05) is 0 Å². The molecule has 0 saturated carbocycles. The van der Waals surface area contributed by atoms with E-state index in [4.69, 9.17) is 21.8 Å². The fourth-order valence-electron chi connectivity index (χ4n) is 1.22. The van der Waals surface area contributed by atoms with Crippen LogP contribution in [0.4, 0.5) is 4.39 Å². The summed E-state index contributed by atoms with van der Waals surface area (Å²) in [5, 5.41) is 0.0252. The van der Waals surface area contributed by atoms with Crippen LogP contribution in [0.5, 0.6) is 0 Å². The maximum atomic E-state index is 13.1. The SMILES string of the molecule is NCc1ncc(-c2cccc(F)c2Cl)o1. The first kappa shape index (κ1) is 10.1. The second kappa shape index (κ2) is 4.00. The van der Waals surface area contributed by atoms with Gasteiger partial charge in [0.1, 0.15) is 5.82 Å². The zero-order valence-corrected chi connectivity index (χ0v) is 8.46. The molecule has 2 rings (SSSR count). The summed E-state index contributed by atoms with van der Waals surface area (Å²) in [5.74, 6) is 0.324. The van der Waals surface area contributed by atoms with E-state index in [0.29, 0.717) is 17.2 Å². The van der Waals surface area contributed by atoms with Gasteiger partial charge < -0.3 is 10.2 Å². The van der Waals surface area contributed by atoms with Gasteiger partial charge in [-0.3, -0.25) is 0 Å². The molecule has 0 aliphatic heterocycles. The third-order valence-electron chi connectivity index (χ3n) is 1.95. The van der Waals surface area contributed by atoms with E-state index >= 15 is 0 Å². The summed E-state index contributed by atoms with van der Waals surface area (Å²) in [6.45, 7) is 0.201. The van der Waals surface area contributed by atoms with Gasteiger partial charge in [0.05, 0.1) is 17.8 Å². The van der Waals surface area contributed by atoms with Crippen molar-refractivity contribution >= 4 is 11.6 Å². The van der Waals surface area contributed by atoms with E-state index < -0.39 is 5.82 Å². The molecule has 0 aliphatic rings. The summed E-state index contributed by atoms with van der Waals surface area (Å²) in [7, 11) is 0. The van der Waals surface area contributed by atoms with Crippen molar-refractivity contribution in [3.63, 3.8) is 0 Å². The van der Waals surface area contributed by atoms with Gasteiger partial charge in [-0.1, -0.05) is 17.7 Å². The van der Waals surface area contributed by atoms with Gasteiger partial charge in [-0.05, 0) is 12.1 Å². The van der Waals surface area contributed by atoms with Crippen LogP contribution in [0.15, 0.2) is 28.8 Å². The summed E-state index contributed by atoms with van der Waals surface area (Å²) in [4.78, 5) is 3.91. The third-order valence-corrected chi connectivity index (χ3v) is 2.33. The minimum absolute atomic E-state index is 0.0252. The van der Waals surface area contributed by atoms with Gasteiger partial charge in [-0.2, -0.15) is 0 Å². The molecule has 78 valence electrons. The Hall–Kier alpha value is -1.39. The molecule has 0 atom stereocenters. The molecule has 0 spiro atoms. The molecule has 0 unspecified atom stereocenters. The number of nitrogens with two attached hydrogens (primary N) is 1. The van der Waals surface area contributed by atoms with Crippen molar-refractivity contribution < 1.29 is 8.81 Å². The molecule has 3 nitrogen and oxygen atoms in total. The Morgan fingerprint density at radius 2 is 2.27 bits per heavy atom. The molecule has 0 amide bonds. The number of rotatable bonds is 2. The van der Waals surface area contributed by atoms with E-state index in [9.17, 15) is 4.39 Å². The van der Waals surface area contributed by atoms with Crippen LogP contribution in [-0.4, -0.2) is 4.98 Å². The zero-order valence-electron chi connectivity index (χ0n) is 7.71. The number of hydrogen-bond acceptors (Lipinski definition) is 3. The second-order valence-electron chi connectivity index (χ2n) is 2.92. The monoisotopic (exact) mass is 226 g/mol. The Morgan fingerprint density at radius 3 is 2.93 bits per heavy atom. The first-order chi connectivity index (χ1) is 7.22. The van der Waals surface area contributed by atoms with Crippen LogP contribution < -0.4 is 5.73 Å². The predicted octanol–water partition coefficient (Wildman–Crippen LogP) is 2.59. The normalized spacial score (nSPS) is 10.6. The summed E-state index contributed by atoms with van der Waals surface area (Å²) >= 11 is 5.79. The molecule has 2 aromatic rings. The molecule has 0 saturated heterocycles. The van der Waals surface area contributed by atoms with Crippen LogP contribution in [0.2, 0.25) is 5.02 Å². The van der Waals surface area contributed by atoms with E-state index in [2.05, 4.69) is 4.98 Å². The maximum absolute atomic E-state index is 13.1. The Balaban J connectivity index is 2.49. The largest absolute Gasteiger partial charge is 0.439 e. The van der Waals surface area contributed by atoms with Gasteiger partial charge in [0, 0.05) is 5.56 Å². The molecule has 0 aliphatic carbocycles. The first-order valence-corrected chi connectivity index (χ1v) is 4.69. The lowest BCUT2D eigenvalue weighted by atomic mass is 10.2. The van der Waals surface area contributed by atoms with Crippen molar-refractivity contribution in [2.24, 2.45) is 5.73 Å². The summed E-state index contributed by atoms with van der Waals surface area (Å²) in [6, 6.07) is 4.50. The van der Waals surface area contributed by atoms with Crippen molar-refractivity contribution in [3.05, 3.63) is 41.1 Å². The Morgan fingerprint density at radius 1 is 1.47 bits per heavy atom. The smallest absolute Gasteiger partial charge is 0.208 e.